The van der Waals surface area contributed by atoms with E-state index in [-0.39, 0.29) is 11.7 Å². The number of esters is 1. The van der Waals surface area contributed by atoms with E-state index in [0.717, 1.165) is 22.4 Å². The van der Waals surface area contributed by atoms with Gasteiger partial charge in [-0.1, -0.05) is 17.3 Å². The summed E-state index contributed by atoms with van der Waals surface area (Å²) >= 11 is 0. The van der Waals surface area contributed by atoms with Gasteiger partial charge in [0.15, 0.2) is 5.76 Å². The lowest BCUT2D eigenvalue weighted by Gasteiger charge is -2.25. The third-order valence-electron chi connectivity index (χ3n) is 5.01. The second kappa shape index (κ2) is 8.32. The molecular formula is C23H19FN2O4. The molecule has 152 valence electrons. The van der Waals surface area contributed by atoms with Crippen LogP contribution in [0.4, 0.5) is 4.39 Å². The normalized spacial score (nSPS) is 13.3. The molecule has 0 saturated heterocycles. The SMILES string of the molecule is COC(=O)c1ccc(/C=C/C(=O)N2CCc3noc(-c4ccc(F)cc4)c3C2)cc1. The fourth-order valence-electron chi connectivity index (χ4n) is 3.35. The highest BCUT2D eigenvalue weighted by atomic mass is 19.1. The standard InChI is InChI=1S/C23H19FN2O4/c1-29-23(28)17-5-2-15(3-6-17)4-11-21(27)26-13-12-20-19(14-26)22(30-25-20)16-7-9-18(24)10-8-16/h2-11H,12-14H2,1H3/b11-4+. The highest BCUT2D eigenvalue weighted by molar-refractivity contribution is 5.93. The van der Waals surface area contributed by atoms with E-state index < -0.39 is 5.97 Å². The molecule has 6 nitrogen and oxygen atoms in total. The van der Waals surface area contributed by atoms with Gasteiger partial charge in [0, 0.05) is 30.2 Å². The molecule has 3 aromatic rings. The van der Waals surface area contributed by atoms with Crippen molar-refractivity contribution in [2.75, 3.05) is 13.7 Å². The van der Waals surface area contributed by atoms with Crippen LogP contribution in [0.3, 0.4) is 0 Å². The molecule has 0 saturated carbocycles. The minimum Gasteiger partial charge on any atom is -0.465 e. The van der Waals surface area contributed by atoms with Gasteiger partial charge in [0.25, 0.3) is 0 Å². The van der Waals surface area contributed by atoms with Gasteiger partial charge >= 0.3 is 5.97 Å². The minimum atomic E-state index is -0.406. The molecule has 4 rings (SSSR count). The van der Waals surface area contributed by atoms with Gasteiger partial charge in [-0.2, -0.15) is 0 Å². The van der Waals surface area contributed by atoms with Crippen LogP contribution >= 0.6 is 0 Å². The Morgan fingerprint density at radius 3 is 2.57 bits per heavy atom. The molecule has 2 aromatic carbocycles. The van der Waals surface area contributed by atoms with Crippen molar-refractivity contribution < 1.29 is 23.2 Å². The fourth-order valence-corrected chi connectivity index (χ4v) is 3.35. The molecule has 0 radical (unpaired) electrons. The van der Waals surface area contributed by atoms with E-state index >= 15 is 0 Å². The van der Waals surface area contributed by atoms with Crippen LogP contribution < -0.4 is 0 Å². The van der Waals surface area contributed by atoms with Crippen molar-refractivity contribution in [1.29, 1.82) is 0 Å². The number of carbonyl (C=O) groups excluding carboxylic acids is 2. The van der Waals surface area contributed by atoms with E-state index in [2.05, 4.69) is 9.89 Å². The smallest absolute Gasteiger partial charge is 0.337 e. The molecule has 0 spiro atoms. The lowest BCUT2D eigenvalue weighted by atomic mass is 10.0. The maximum absolute atomic E-state index is 13.2. The van der Waals surface area contributed by atoms with E-state index in [1.165, 1.54) is 25.3 Å². The zero-order valence-corrected chi connectivity index (χ0v) is 16.3. The second-order valence-corrected chi connectivity index (χ2v) is 6.90. The van der Waals surface area contributed by atoms with Crippen molar-refractivity contribution in [1.82, 2.24) is 10.1 Å². The van der Waals surface area contributed by atoms with Crippen LogP contribution in [-0.2, 0) is 22.5 Å². The zero-order chi connectivity index (χ0) is 21.1. The molecule has 0 atom stereocenters. The molecule has 1 aliphatic heterocycles. The fraction of sp³-hybridized carbons (Fsp3) is 0.174. The second-order valence-electron chi connectivity index (χ2n) is 6.90. The predicted molar refractivity (Wildman–Crippen MR) is 108 cm³/mol. The van der Waals surface area contributed by atoms with Crippen LogP contribution in [0, 0.1) is 5.82 Å². The third kappa shape index (κ3) is 4.00. The average Bonchev–Trinajstić information content (AvgIpc) is 3.21. The van der Waals surface area contributed by atoms with Gasteiger partial charge in [-0.25, -0.2) is 9.18 Å². The first-order chi connectivity index (χ1) is 14.5. The number of methoxy groups -OCH3 is 1. The number of fused-ring (bicyclic) bond motifs is 1. The molecule has 0 aliphatic carbocycles. The number of carbonyl (C=O) groups is 2. The monoisotopic (exact) mass is 406 g/mol. The van der Waals surface area contributed by atoms with Crippen LogP contribution in [0.25, 0.3) is 17.4 Å². The molecule has 2 heterocycles. The Morgan fingerprint density at radius 2 is 1.87 bits per heavy atom. The molecule has 0 N–H and O–H groups in total. The Balaban J connectivity index is 1.47. The van der Waals surface area contributed by atoms with Gasteiger partial charge in [0.1, 0.15) is 5.82 Å². The van der Waals surface area contributed by atoms with Crippen LogP contribution in [0.1, 0.15) is 27.2 Å². The lowest BCUT2D eigenvalue weighted by molar-refractivity contribution is -0.126. The number of hydrogen-bond acceptors (Lipinski definition) is 5. The summed E-state index contributed by atoms with van der Waals surface area (Å²) in [5.41, 5.74) is 3.63. The summed E-state index contributed by atoms with van der Waals surface area (Å²) in [5.74, 6) is -0.307. The number of benzene rings is 2. The number of ether oxygens (including phenoxy) is 1. The molecule has 0 fully saturated rings. The van der Waals surface area contributed by atoms with Gasteiger partial charge in [0.2, 0.25) is 5.91 Å². The van der Waals surface area contributed by atoms with Gasteiger partial charge in [-0.15, -0.1) is 0 Å². The van der Waals surface area contributed by atoms with Crippen LogP contribution in [0.5, 0.6) is 0 Å². The first kappa shape index (κ1) is 19.6. The molecule has 1 aromatic heterocycles. The Hall–Kier alpha value is -3.74. The Kier molecular flexibility index (Phi) is 5.43. The van der Waals surface area contributed by atoms with Gasteiger partial charge in [-0.05, 0) is 48.0 Å². The summed E-state index contributed by atoms with van der Waals surface area (Å²) < 4.78 is 23.4. The zero-order valence-electron chi connectivity index (χ0n) is 16.3. The van der Waals surface area contributed by atoms with Crippen molar-refractivity contribution in [3.05, 3.63) is 82.8 Å². The number of hydrogen-bond donors (Lipinski definition) is 0. The number of aromatic nitrogens is 1. The maximum atomic E-state index is 13.2. The Bertz CT molecular complexity index is 1100. The molecule has 1 aliphatic rings. The van der Waals surface area contributed by atoms with Crippen molar-refractivity contribution in [2.45, 2.75) is 13.0 Å². The summed E-state index contributed by atoms with van der Waals surface area (Å²) in [7, 11) is 1.33. The first-order valence-electron chi connectivity index (χ1n) is 9.44. The van der Waals surface area contributed by atoms with E-state index in [9.17, 15) is 14.0 Å². The van der Waals surface area contributed by atoms with Gasteiger partial charge < -0.3 is 14.2 Å². The highest BCUT2D eigenvalue weighted by Gasteiger charge is 2.26. The summed E-state index contributed by atoms with van der Waals surface area (Å²) in [4.78, 5) is 25.9. The lowest BCUT2D eigenvalue weighted by Crippen LogP contribution is -2.34. The number of nitrogens with zero attached hydrogens (tertiary/aromatic N) is 2. The largest absolute Gasteiger partial charge is 0.465 e. The van der Waals surface area contributed by atoms with Gasteiger partial charge in [-0.3, -0.25) is 4.79 Å². The summed E-state index contributed by atoms with van der Waals surface area (Å²) in [6.07, 6.45) is 3.80. The summed E-state index contributed by atoms with van der Waals surface area (Å²) in [5, 5.41) is 4.11. The van der Waals surface area contributed by atoms with Crippen LogP contribution in [-0.4, -0.2) is 35.6 Å². The Labute approximate surface area is 172 Å². The van der Waals surface area contributed by atoms with E-state index in [0.29, 0.717) is 30.8 Å². The Morgan fingerprint density at radius 1 is 1.13 bits per heavy atom. The van der Waals surface area contributed by atoms with Crippen LogP contribution in [0.15, 0.2) is 59.1 Å². The first-order valence-corrected chi connectivity index (χ1v) is 9.44. The molecule has 1 amide bonds. The molecule has 30 heavy (non-hydrogen) atoms. The van der Waals surface area contributed by atoms with Crippen molar-refractivity contribution in [3.63, 3.8) is 0 Å². The van der Waals surface area contributed by atoms with E-state index in [1.807, 2.05) is 0 Å². The summed E-state index contributed by atoms with van der Waals surface area (Å²) in [6, 6.07) is 12.8. The minimum absolute atomic E-state index is 0.135. The van der Waals surface area contributed by atoms with E-state index in [1.54, 1.807) is 47.4 Å². The maximum Gasteiger partial charge on any atom is 0.337 e. The average molecular weight is 406 g/mol. The quantitative estimate of drug-likeness (QED) is 0.486. The number of amides is 1. The molecule has 0 bridgehead atoms. The highest BCUT2D eigenvalue weighted by Crippen LogP contribution is 2.30. The van der Waals surface area contributed by atoms with Crippen molar-refractivity contribution in [2.24, 2.45) is 0 Å². The van der Waals surface area contributed by atoms with Crippen LogP contribution in [0.2, 0.25) is 0 Å². The molecule has 0 unspecified atom stereocenters. The third-order valence-corrected chi connectivity index (χ3v) is 5.01. The number of rotatable bonds is 4. The van der Waals surface area contributed by atoms with Gasteiger partial charge in [0.05, 0.1) is 24.9 Å². The molecule has 7 heteroatoms. The molecular weight excluding hydrogens is 387 g/mol. The number of halogens is 1. The topological polar surface area (TPSA) is 72.6 Å². The predicted octanol–water partition coefficient (Wildman–Crippen LogP) is 3.87. The summed E-state index contributed by atoms with van der Waals surface area (Å²) in [6.45, 7) is 0.906. The van der Waals surface area contributed by atoms with E-state index in [4.69, 9.17) is 4.52 Å². The van der Waals surface area contributed by atoms with Crippen molar-refractivity contribution in [3.8, 4) is 11.3 Å². The van der Waals surface area contributed by atoms with Crippen molar-refractivity contribution >= 4 is 18.0 Å².